The van der Waals surface area contributed by atoms with E-state index in [0.29, 0.717) is 34.1 Å². The molecular weight excluding hydrogens is 729 g/mol. The number of nitrogens with one attached hydrogen (secondary N) is 4. The van der Waals surface area contributed by atoms with Crippen molar-refractivity contribution in [1.29, 1.82) is 0 Å². The number of anilines is 2. The minimum absolute atomic E-state index is 0.134. The van der Waals surface area contributed by atoms with Crippen LogP contribution in [0.25, 0.3) is 21.8 Å². The number of fused-ring (bicyclic) bond motifs is 2. The highest BCUT2D eigenvalue weighted by molar-refractivity contribution is 6.07. The Morgan fingerprint density at radius 1 is 0.534 bits per heavy atom. The molecule has 2 heterocycles. The van der Waals surface area contributed by atoms with Gasteiger partial charge in [-0.3, -0.25) is 19.2 Å². The molecule has 0 unspecified atom stereocenters. The van der Waals surface area contributed by atoms with Gasteiger partial charge in [0.05, 0.1) is 0 Å². The number of phenolic OH excluding ortho intramolecular Hbond substituents is 2. The minimum Gasteiger partial charge on any atom is -0.508 e. The molecule has 2 aromatic heterocycles. The zero-order chi connectivity index (χ0) is 58.1. The second kappa shape index (κ2) is 15.6. The predicted octanol–water partition coefficient (Wildman–Crippen LogP) is 10.2. The maximum absolute atomic E-state index is 13.3. The molecule has 10 heteroatoms. The van der Waals surface area contributed by atoms with Gasteiger partial charge in [0.2, 0.25) is 10.9 Å². The van der Waals surface area contributed by atoms with Crippen molar-refractivity contribution < 1.29 is 44.5 Å². The van der Waals surface area contributed by atoms with Crippen molar-refractivity contribution in [1.82, 2.24) is 9.97 Å². The lowest BCUT2D eigenvalue weighted by atomic mass is 9.79. The molecule has 6 aromatic rings. The van der Waals surface area contributed by atoms with Crippen LogP contribution in [0.1, 0.15) is 150 Å². The molecule has 0 saturated carbocycles. The summed E-state index contributed by atoms with van der Waals surface area (Å²) in [5.74, 6) is -3.37. The summed E-state index contributed by atoms with van der Waals surface area (Å²) in [7, 11) is 0. The molecule has 0 bridgehead atoms. The third-order valence-corrected chi connectivity index (χ3v) is 9.26. The third-order valence-electron chi connectivity index (χ3n) is 9.26. The zero-order valence-corrected chi connectivity index (χ0v) is 32.6. The van der Waals surface area contributed by atoms with Crippen LogP contribution in [0.2, 0.25) is 0 Å². The summed E-state index contributed by atoms with van der Waals surface area (Å²) < 4.78 is 144. The second-order valence-electron chi connectivity index (χ2n) is 15.5. The molecule has 6 rings (SSSR count). The summed E-state index contributed by atoms with van der Waals surface area (Å²) >= 11 is 0. The third kappa shape index (κ3) is 9.17. The number of aromatic nitrogens is 2. The van der Waals surface area contributed by atoms with E-state index in [-0.39, 0.29) is 22.2 Å². The fourth-order valence-corrected chi connectivity index (χ4v) is 6.27. The summed E-state index contributed by atoms with van der Waals surface area (Å²) in [5.41, 5.74) is -11.2. The maximum Gasteiger partial charge on any atom is 0.261 e. The number of aromatic hydroxyl groups is 2. The van der Waals surface area contributed by atoms with Crippen LogP contribution in [-0.4, -0.2) is 32.0 Å². The average molecular weight is 803 g/mol. The SMILES string of the molecule is [2H]C([2H])([2H])C(C)(c1cc(C(C)(C([2H])([2H])[2H])C([2H])([2H])[2H])c(NC(=O)c2c[nH]c3ccccc3c2=O)cc1O)C([2H])([2H])[2H].[2H]C([2H])([2H])C(C)(c1cc(C(C)(C)C)c(NC(=O)c2c[nH]c3ccccc3c2=O)cc1O)C([2H])([2H])[2H]. The van der Waals surface area contributed by atoms with Gasteiger partial charge in [0.25, 0.3) is 11.8 Å². The number of benzene rings is 4. The number of hydrogen-bond acceptors (Lipinski definition) is 6. The molecule has 0 atom stereocenters. The van der Waals surface area contributed by atoms with Crippen molar-refractivity contribution in [3.8, 4) is 11.5 Å². The first-order valence-corrected chi connectivity index (χ1v) is 17.9. The van der Waals surface area contributed by atoms with Gasteiger partial charge in [-0.2, -0.15) is 0 Å². The standard InChI is InChI=1S/2C24H28N2O3/c2*1-23(2,3)16-11-17(24(4,5)6)20(27)12-19(16)26-22(29)15-13-25-18-10-8-7-9-14(18)21(15)28/h2*7-13,27H,1-6H3,(H,25,28)(H,26,29)/i1D3,2D3,4D3,5D3;4D3,5D3. The summed E-state index contributed by atoms with van der Waals surface area (Å²) in [5, 5.41) is 27.1. The Labute approximate surface area is 365 Å². The molecule has 2 amide bonds. The van der Waals surface area contributed by atoms with Gasteiger partial charge in [0.15, 0.2) is 0 Å². The fourth-order valence-electron chi connectivity index (χ4n) is 6.27. The summed E-state index contributed by atoms with van der Waals surface area (Å²) in [6, 6.07) is 16.9. The Morgan fingerprint density at radius 2 is 0.879 bits per heavy atom. The van der Waals surface area contributed by atoms with Crippen molar-refractivity contribution >= 4 is 45.0 Å². The van der Waals surface area contributed by atoms with E-state index in [2.05, 4.69) is 20.6 Å². The molecule has 58 heavy (non-hydrogen) atoms. The van der Waals surface area contributed by atoms with E-state index in [4.69, 9.17) is 24.7 Å². The quantitative estimate of drug-likeness (QED) is 0.104. The van der Waals surface area contributed by atoms with E-state index in [1.54, 1.807) is 63.2 Å². The van der Waals surface area contributed by atoms with Crippen molar-refractivity contribution in [3.63, 3.8) is 0 Å². The first-order chi connectivity index (χ1) is 34.3. The summed E-state index contributed by atoms with van der Waals surface area (Å²) in [6.07, 6.45) is 2.40. The highest BCUT2D eigenvalue weighted by atomic mass is 16.3. The number of phenols is 2. The molecule has 0 fully saturated rings. The molecule has 10 nitrogen and oxygen atoms in total. The fraction of sp³-hybridized carbons (Fsp3) is 0.333. The van der Waals surface area contributed by atoms with E-state index in [9.17, 15) is 29.4 Å². The highest BCUT2D eigenvalue weighted by Crippen LogP contribution is 2.41. The summed E-state index contributed by atoms with van der Waals surface area (Å²) in [6.45, 7) is -11.0. The average Bonchev–Trinajstić information content (AvgIpc) is 3.26. The Balaban J connectivity index is 0.000000284. The predicted molar refractivity (Wildman–Crippen MR) is 236 cm³/mol. The van der Waals surface area contributed by atoms with Gasteiger partial charge >= 0.3 is 0 Å². The number of rotatable bonds is 4. The molecule has 0 saturated heterocycles. The number of para-hydroxylation sites is 2. The Morgan fingerprint density at radius 3 is 1.24 bits per heavy atom. The topological polar surface area (TPSA) is 164 Å². The van der Waals surface area contributed by atoms with Crippen LogP contribution < -0.4 is 21.5 Å². The van der Waals surface area contributed by atoms with Crippen molar-refractivity contribution in [2.75, 3.05) is 10.6 Å². The monoisotopic (exact) mass is 803 g/mol. The van der Waals surface area contributed by atoms with Crippen LogP contribution in [0.5, 0.6) is 11.5 Å². The number of aromatic amines is 2. The smallest absolute Gasteiger partial charge is 0.261 e. The van der Waals surface area contributed by atoms with Crippen LogP contribution in [0.3, 0.4) is 0 Å². The van der Waals surface area contributed by atoms with Crippen LogP contribution >= 0.6 is 0 Å². The Kier molecular flexibility index (Phi) is 6.63. The van der Waals surface area contributed by atoms with E-state index in [0.717, 1.165) is 33.0 Å². The molecule has 0 aliphatic carbocycles. The molecule has 0 spiro atoms. The van der Waals surface area contributed by atoms with Crippen LogP contribution in [0.15, 0.2) is 94.8 Å². The number of carbonyl (C=O) groups is 2. The Hall–Kier alpha value is -6.16. The largest absolute Gasteiger partial charge is 0.508 e. The van der Waals surface area contributed by atoms with Crippen LogP contribution in [0, 0.1) is 0 Å². The van der Waals surface area contributed by atoms with Crippen molar-refractivity contribution in [2.24, 2.45) is 0 Å². The van der Waals surface area contributed by atoms with Crippen LogP contribution in [-0.2, 0) is 21.7 Å². The molecule has 4 aromatic carbocycles. The number of pyridine rings is 2. The van der Waals surface area contributed by atoms with Crippen molar-refractivity contribution in [2.45, 2.75) is 104 Å². The van der Waals surface area contributed by atoms with Gasteiger partial charge in [0, 0.05) is 82.4 Å². The highest BCUT2D eigenvalue weighted by Gasteiger charge is 2.28. The van der Waals surface area contributed by atoms with Gasteiger partial charge in [-0.1, -0.05) is 107 Å². The first kappa shape index (κ1) is 24.6. The van der Waals surface area contributed by atoms with Crippen molar-refractivity contribution in [3.05, 3.63) is 139 Å². The van der Waals surface area contributed by atoms with Gasteiger partial charge in [-0.25, -0.2) is 0 Å². The second-order valence-corrected chi connectivity index (χ2v) is 15.5. The molecule has 0 aliphatic rings. The van der Waals surface area contributed by atoms with E-state index >= 15 is 0 Å². The van der Waals surface area contributed by atoms with Gasteiger partial charge in [0.1, 0.15) is 22.6 Å². The molecule has 0 radical (unpaired) electrons. The number of hydrogen-bond donors (Lipinski definition) is 6. The first-order valence-electron chi connectivity index (χ1n) is 26.9. The van der Waals surface area contributed by atoms with Gasteiger partial charge < -0.3 is 30.8 Å². The van der Waals surface area contributed by atoms with E-state index < -0.39 is 119 Å². The van der Waals surface area contributed by atoms with E-state index in [1.165, 1.54) is 18.3 Å². The molecular formula is C48H56N4O6. The Bertz CT molecular complexity index is 3300. The molecule has 6 N–H and O–H groups in total. The molecule has 0 aliphatic heterocycles. The van der Waals surface area contributed by atoms with E-state index in [1.807, 2.05) is 0 Å². The summed E-state index contributed by atoms with van der Waals surface area (Å²) in [4.78, 5) is 57.9. The lowest BCUT2D eigenvalue weighted by molar-refractivity contribution is 0.101. The van der Waals surface area contributed by atoms with Crippen LogP contribution in [0.4, 0.5) is 11.4 Å². The lowest BCUT2D eigenvalue weighted by Gasteiger charge is -2.28. The number of amides is 2. The van der Waals surface area contributed by atoms with Gasteiger partial charge in [-0.15, -0.1) is 0 Å². The lowest BCUT2D eigenvalue weighted by Crippen LogP contribution is -2.25. The minimum atomic E-state index is -3.32. The normalized spacial score (nSPS) is 18.1. The zero-order valence-electron chi connectivity index (χ0n) is 50.6. The number of carbonyl (C=O) groups excluding carboxylic acids is 2. The van der Waals surface area contributed by atoms with Gasteiger partial charge in [-0.05, 0) is 80.3 Å². The molecule has 304 valence electrons. The number of H-pyrrole nitrogens is 2. The maximum atomic E-state index is 13.3.